The lowest BCUT2D eigenvalue weighted by Gasteiger charge is -2.18. The van der Waals surface area contributed by atoms with E-state index in [1.165, 1.54) is 32.1 Å². The van der Waals surface area contributed by atoms with Gasteiger partial charge in [-0.3, -0.25) is 0 Å². The first-order valence-electron chi connectivity index (χ1n) is 5.36. The average molecular weight is 163 g/mol. The third-order valence-electron chi connectivity index (χ3n) is 3.78. The highest BCUT2D eigenvalue weighted by Crippen LogP contribution is 2.51. The van der Waals surface area contributed by atoms with Gasteiger partial charge in [0.05, 0.1) is 0 Å². The van der Waals surface area contributed by atoms with Crippen LogP contribution in [0.15, 0.2) is 12.2 Å². The zero-order valence-electron chi connectivity index (χ0n) is 7.50. The van der Waals surface area contributed by atoms with E-state index in [4.69, 9.17) is 0 Å². The van der Waals surface area contributed by atoms with Crippen LogP contribution in [0.25, 0.3) is 0 Å². The van der Waals surface area contributed by atoms with Gasteiger partial charge in [-0.25, -0.2) is 0 Å². The van der Waals surface area contributed by atoms with Gasteiger partial charge in [-0.1, -0.05) is 12.2 Å². The second-order valence-corrected chi connectivity index (χ2v) is 4.62. The Balaban J connectivity index is 1.57. The molecule has 0 saturated heterocycles. The summed E-state index contributed by atoms with van der Waals surface area (Å²) in [5.41, 5.74) is 0. The van der Waals surface area contributed by atoms with Crippen molar-refractivity contribution in [2.45, 2.75) is 44.2 Å². The first-order chi connectivity index (χ1) is 5.93. The molecule has 0 aromatic heterocycles. The van der Waals surface area contributed by atoms with Crippen molar-refractivity contribution in [1.29, 1.82) is 0 Å². The molecule has 0 aromatic rings. The van der Waals surface area contributed by atoms with E-state index in [-0.39, 0.29) is 0 Å². The minimum atomic E-state index is 0.717. The van der Waals surface area contributed by atoms with Crippen LogP contribution in [0.3, 0.4) is 0 Å². The summed E-state index contributed by atoms with van der Waals surface area (Å²) in [6.07, 6.45) is 11.8. The van der Waals surface area contributed by atoms with E-state index in [9.17, 15) is 0 Å². The first-order valence-corrected chi connectivity index (χ1v) is 5.36. The van der Waals surface area contributed by atoms with Crippen molar-refractivity contribution in [3.8, 4) is 0 Å². The zero-order chi connectivity index (χ0) is 7.97. The van der Waals surface area contributed by atoms with E-state index >= 15 is 0 Å². The molecule has 2 saturated carbocycles. The molecule has 12 heavy (non-hydrogen) atoms. The van der Waals surface area contributed by atoms with Gasteiger partial charge in [0, 0.05) is 12.1 Å². The molecule has 0 spiro atoms. The Kier molecular flexibility index (Phi) is 1.54. The summed E-state index contributed by atoms with van der Waals surface area (Å²) in [4.78, 5) is 0. The van der Waals surface area contributed by atoms with E-state index < -0.39 is 0 Å². The fourth-order valence-electron chi connectivity index (χ4n) is 2.96. The SMILES string of the molecule is C1=CC(NC2CCC3CC32)CC1. The van der Waals surface area contributed by atoms with Crippen molar-refractivity contribution in [3.63, 3.8) is 0 Å². The Bertz CT molecular complexity index is 209. The maximum absolute atomic E-state index is 3.78. The van der Waals surface area contributed by atoms with Crippen molar-refractivity contribution in [3.05, 3.63) is 12.2 Å². The van der Waals surface area contributed by atoms with Crippen LogP contribution in [-0.4, -0.2) is 12.1 Å². The third-order valence-corrected chi connectivity index (χ3v) is 3.78. The molecule has 3 aliphatic rings. The molecule has 1 nitrogen and oxygen atoms in total. The maximum Gasteiger partial charge on any atom is 0.0255 e. The summed E-state index contributed by atoms with van der Waals surface area (Å²) in [7, 11) is 0. The first kappa shape index (κ1) is 7.14. The molecule has 4 unspecified atom stereocenters. The summed E-state index contributed by atoms with van der Waals surface area (Å²) in [6.45, 7) is 0. The molecule has 0 radical (unpaired) electrons. The lowest BCUT2D eigenvalue weighted by Crippen LogP contribution is -2.36. The maximum atomic E-state index is 3.78. The van der Waals surface area contributed by atoms with Crippen LogP contribution in [0, 0.1) is 11.8 Å². The van der Waals surface area contributed by atoms with Crippen LogP contribution in [0.2, 0.25) is 0 Å². The monoisotopic (exact) mass is 163 g/mol. The van der Waals surface area contributed by atoms with Crippen LogP contribution in [0.4, 0.5) is 0 Å². The number of rotatable bonds is 2. The minimum Gasteiger partial charge on any atom is -0.307 e. The van der Waals surface area contributed by atoms with Crippen molar-refractivity contribution >= 4 is 0 Å². The van der Waals surface area contributed by atoms with Crippen LogP contribution in [0.1, 0.15) is 32.1 Å². The number of allylic oxidation sites excluding steroid dienone is 1. The second kappa shape index (κ2) is 2.59. The molecule has 1 heteroatoms. The van der Waals surface area contributed by atoms with E-state index in [0.29, 0.717) is 6.04 Å². The highest BCUT2D eigenvalue weighted by atomic mass is 15.0. The Morgan fingerprint density at radius 3 is 2.75 bits per heavy atom. The molecule has 1 N–H and O–H groups in total. The molecule has 66 valence electrons. The molecule has 2 fully saturated rings. The van der Waals surface area contributed by atoms with E-state index in [2.05, 4.69) is 17.5 Å². The normalized spacial score (nSPS) is 49.7. The average Bonchev–Trinajstić information content (AvgIpc) is 2.54. The summed E-state index contributed by atoms with van der Waals surface area (Å²) in [5.74, 6) is 2.19. The Labute approximate surface area is 74.2 Å². The van der Waals surface area contributed by atoms with E-state index in [1.54, 1.807) is 0 Å². The van der Waals surface area contributed by atoms with Gasteiger partial charge in [-0.15, -0.1) is 0 Å². The summed E-state index contributed by atoms with van der Waals surface area (Å²) in [5, 5.41) is 3.78. The van der Waals surface area contributed by atoms with Crippen LogP contribution in [0.5, 0.6) is 0 Å². The van der Waals surface area contributed by atoms with Crippen molar-refractivity contribution in [2.24, 2.45) is 11.8 Å². The number of fused-ring (bicyclic) bond motifs is 1. The number of hydrogen-bond acceptors (Lipinski definition) is 1. The van der Waals surface area contributed by atoms with Crippen molar-refractivity contribution in [2.75, 3.05) is 0 Å². The van der Waals surface area contributed by atoms with E-state index in [0.717, 1.165) is 17.9 Å². The molecule has 0 amide bonds. The van der Waals surface area contributed by atoms with Crippen LogP contribution >= 0.6 is 0 Å². The molecular weight excluding hydrogens is 146 g/mol. The second-order valence-electron chi connectivity index (χ2n) is 4.62. The van der Waals surface area contributed by atoms with Gasteiger partial charge in [0.2, 0.25) is 0 Å². The number of nitrogens with one attached hydrogen (secondary N) is 1. The Morgan fingerprint density at radius 1 is 1.17 bits per heavy atom. The fourth-order valence-corrected chi connectivity index (χ4v) is 2.96. The van der Waals surface area contributed by atoms with Gasteiger partial charge >= 0.3 is 0 Å². The minimum absolute atomic E-state index is 0.717. The summed E-state index contributed by atoms with van der Waals surface area (Å²) < 4.78 is 0. The predicted molar refractivity (Wildman–Crippen MR) is 49.9 cm³/mol. The molecule has 4 atom stereocenters. The van der Waals surface area contributed by atoms with Crippen molar-refractivity contribution < 1.29 is 0 Å². The quantitative estimate of drug-likeness (QED) is 0.615. The van der Waals surface area contributed by atoms with Gasteiger partial charge in [0.25, 0.3) is 0 Å². The summed E-state index contributed by atoms with van der Waals surface area (Å²) >= 11 is 0. The topological polar surface area (TPSA) is 12.0 Å². The van der Waals surface area contributed by atoms with Gasteiger partial charge in [0.15, 0.2) is 0 Å². The lowest BCUT2D eigenvalue weighted by molar-refractivity contribution is 0.434. The highest BCUT2D eigenvalue weighted by molar-refractivity contribution is 5.07. The molecule has 0 heterocycles. The zero-order valence-corrected chi connectivity index (χ0v) is 7.50. The van der Waals surface area contributed by atoms with Crippen LogP contribution in [-0.2, 0) is 0 Å². The predicted octanol–water partition coefficient (Wildman–Crippen LogP) is 2.09. The standard InChI is InChI=1S/C11H17N/c1-2-4-9(3-1)12-11-6-5-8-7-10(8)11/h1,3,8-12H,2,4-7H2. The van der Waals surface area contributed by atoms with Gasteiger partial charge < -0.3 is 5.32 Å². The highest BCUT2D eigenvalue weighted by Gasteiger charge is 2.48. The molecule has 3 aliphatic carbocycles. The van der Waals surface area contributed by atoms with Crippen LogP contribution < -0.4 is 5.32 Å². The Morgan fingerprint density at radius 2 is 2.17 bits per heavy atom. The van der Waals surface area contributed by atoms with Gasteiger partial charge in [-0.05, 0) is 43.9 Å². The lowest BCUT2D eigenvalue weighted by atomic mass is 10.1. The van der Waals surface area contributed by atoms with Gasteiger partial charge in [0.1, 0.15) is 0 Å². The molecule has 0 bridgehead atoms. The smallest absolute Gasteiger partial charge is 0.0255 e. The molecular formula is C11H17N. The Hall–Kier alpha value is -0.300. The largest absolute Gasteiger partial charge is 0.307 e. The fraction of sp³-hybridized carbons (Fsp3) is 0.818. The molecule has 0 aromatic carbocycles. The van der Waals surface area contributed by atoms with Gasteiger partial charge in [-0.2, -0.15) is 0 Å². The molecule has 3 rings (SSSR count). The summed E-state index contributed by atoms with van der Waals surface area (Å²) in [6, 6.07) is 1.59. The third kappa shape index (κ3) is 1.11. The number of hydrogen-bond donors (Lipinski definition) is 1. The van der Waals surface area contributed by atoms with Crippen molar-refractivity contribution in [1.82, 2.24) is 5.32 Å². The molecule has 0 aliphatic heterocycles. The van der Waals surface area contributed by atoms with E-state index in [1.807, 2.05) is 0 Å².